The van der Waals surface area contributed by atoms with Gasteiger partial charge >= 0.3 is 0 Å². The van der Waals surface area contributed by atoms with Gasteiger partial charge in [-0.1, -0.05) is 119 Å². The maximum Gasteiger partial charge on any atom is 0.295 e. The standard InChI is InChI=1S/C53H57N3/c1-7-10-19-38-28-30-39(31-29-38)41-32-33-46-45(36-41)47-25-15-16-35-55(47)53(9-3,52(46,5)8-2)34-18-21-40-20-11-12-23-44(40)51-54(6)49-27-17-24-43-37(4)42-22-13-14-26-48(42)56(51)50(43)49/h11-17,20,22-33,35-37H,7-10,18-19,21,34H2,1-6H3/q+2. The van der Waals surface area contributed by atoms with Crippen LogP contribution in [-0.2, 0) is 30.8 Å². The molecule has 0 fully saturated rings. The molecule has 0 saturated heterocycles. The zero-order chi connectivity index (χ0) is 38.6. The minimum atomic E-state index is -0.0624. The van der Waals surface area contributed by atoms with Crippen LogP contribution >= 0.6 is 0 Å². The van der Waals surface area contributed by atoms with Gasteiger partial charge in [0.05, 0.1) is 23.6 Å². The van der Waals surface area contributed by atoms with Gasteiger partial charge in [-0.3, -0.25) is 0 Å². The van der Waals surface area contributed by atoms with Gasteiger partial charge in [0.1, 0.15) is 5.69 Å². The first-order valence-corrected chi connectivity index (χ1v) is 21.3. The molecule has 9 rings (SSSR count). The van der Waals surface area contributed by atoms with Gasteiger partial charge in [-0.25, -0.2) is 4.57 Å². The third kappa shape index (κ3) is 5.45. The third-order valence-electron chi connectivity index (χ3n) is 14.2. The summed E-state index contributed by atoms with van der Waals surface area (Å²) in [5.41, 5.74) is 17.6. The summed E-state index contributed by atoms with van der Waals surface area (Å²) < 4.78 is 7.68. The van der Waals surface area contributed by atoms with E-state index in [0.717, 1.165) is 38.5 Å². The van der Waals surface area contributed by atoms with E-state index in [-0.39, 0.29) is 11.0 Å². The predicted molar refractivity (Wildman–Crippen MR) is 232 cm³/mol. The highest BCUT2D eigenvalue weighted by Gasteiger charge is 2.58. The maximum absolute atomic E-state index is 2.69. The monoisotopic (exact) mass is 735 g/mol. The molecule has 2 aliphatic rings. The number of unbranched alkanes of at least 4 members (excludes halogenated alkanes) is 1. The molecule has 282 valence electrons. The molecule has 0 radical (unpaired) electrons. The number of aromatic nitrogens is 3. The van der Waals surface area contributed by atoms with E-state index in [1.165, 1.54) is 91.2 Å². The first-order valence-electron chi connectivity index (χ1n) is 21.3. The average molecular weight is 736 g/mol. The zero-order valence-corrected chi connectivity index (χ0v) is 34.3. The summed E-state index contributed by atoms with van der Waals surface area (Å²) >= 11 is 0. The largest absolute Gasteiger partial charge is 0.295 e. The van der Waals surface area contributed by atoms with Crippen LogP contribution in [0.2, 0.25) is 0 Å². The van der Waals surface area contributed by atoms with Crippen LogP contribution in [0.5, 0.6) is 0 Å². The van der Waals surface area contributed by atoms with Crippen LogP contribution in [0.4, 0.5) is 0 Å². The molecule has 3 atom stereocenters. The molecule has 0 bridgehead atoms. The Morgan fingerprint density at radius 1 is 0.679 bits per heavy atom. The lowest BCUT2D eigenvalue weighted by molar-refractivity contribution is -0.770. The molecule has 0 amide bonds. The summed E-state index contributed by atoms with van der Waals surface area (Å²) in [4.78, 5) is 0. The summed E-state index contributed by atoms with van der Waals surface area (Å²) in [7, 11) is 2.26. The molecule has 7 aromatic rings. The molecular formula is C53H57N3+2. The fourth-order valence-electron chi connectivity index (χ4n) is 10.9. The molecule has 5 aromatic carbocycles. The lowest BCUT2D eigenvalue weighted by atomic mass is 9.58. The van der Waals surface area contributed by atoms with E-state index in [1.54, 1.807) is 0 Å². The lowest BCUT2D eigenvalue weighted by Gasteiger charge is -2.48. The molecule has 2 aromatic heterocycles. The van der Waals surface area contributed by atoms with Crippen molar-refractivity contribution in [3.63, 3.8) is 0 Å². The van der Waals surface area contributed by atoms with Crippen molar-refractivity contribution in [3.05, 3.63) is 161 Å². The van der Waals surface area contributed by atoms with Crippen LogP contribution in [-0.4, -0.2) is 4.57 Å². The number of para-hydroxylation sites is 2. The number of hydrogen-bond donors (Lipinski definition) is 0. The number of aryl methyl sites for hydroxylation is 3. The lowest BCUT2D eigenvalue weighted by Crippen LogP contribution is -2.69. The van der Waals surface area contributed by atoms with Crippen LogP contribution in [0.3, 0.4) is 0 Å². The van der Waals surface area contributed by atoms with Crippen LogP contribution in [0.15, 0.2) is 134 Å². The molecule has 0 saturated carbocycles. The normalized spacial score (nSPS) is 19.4. The van der Waals surface area contributed by atoms with Crippen LogP contribution in [0.25, 0.3) is 50.5 Å². The Labute approximate surface area is 334 Å². The van der Waals surface area contributed by atoms with Gasteiger partial charge in [-0.05, 0) is 97.2 Å². The first kappa shape index (κ1) is 36.4. The summed E-state index contributed by atoms with van der Waals surface area (Å²) in [5, 5.41) is 0. The Balaban J connectivity index is 1.08. The van der Waals surface area contributed by atoms with Crippen molar-refractivity contribution in [3.8, 4) is 39.5 Å². The second-order valence-corrected chi connectivity index (χ2v) is 16.8. The van der Waals surface area contributed by atoms with Crippen molar-refractivity contribution in [2.75, 3.05) is 0 Å². The van der Waals surface area contributed by atoms with Gasteiger partial charge in [-0.15, -0.1) is 0 Å². The van der Waals surface area contributed by atoms with E-state index in [4.69, 9.17) is 0 Å². The maximum atomic E-state index is 2.69. The Hall–Kier alpha value is -5.28. The smallest absolute Gasteiger partial charge is 0.225 e. The van der Waals surface area contributed by atoms with Crippen molar-refractivity contribution in [1.29, 1.82) is 0 Å². The second kappa shape index (κ2) is 14.3. The van der Waals surface area contributed by atoms with E-state index in [0.29, 0.717) is 5.92 Å². The molecule has 0 aliphatic carbocycles. The van der Waals surface area contributed by atoms with E-state index in [1.807, 2.05) is 0 Å². The number of fused-ring (bicyclic) bond motifs is 5. The van der Waals surface area contributed by atoms with Gasteiger partial charge in [0.25, 0.3) is 5.82 Å². The highest BCUT2D eigenvalue weighted by molar-refractivity contribution is 5.86. The number of rotatable bonds is 11. The van der Waals surface area contributed by atoms with Crippen molar-refractivity contribution in [2.24, 2.45) is 7.05 Å². The van der Waals surface area contributed by atoms with Gasteiger partial charge in [-0.2, -0.15) is 9.13 Å². The molecule has 3 heteroatoms. The zero-order valence-electron chi connectivity index (χ0n) is 34.3. The number of imidazole rings is 1. The molecular weight excluding hydrogens is 679 g/mol. The van der Waals surface area contributed by atoms with Crippen LogP contribution < -0.4 is 9.13 Å². The third-order valence-corrected chi connectivity index (χ3v) is 14.2. The first-order chi connectivity index (χ1) is 27.3. The molecule has 0 spiro atoms. The van der Waals surface area contributed by atoms with E-state index < -0.39 is 0 Å². The molecule has 0 N–H and O–H groups in total. The average Bonchev–Trinajstić information content (AvgIpc) is 3.55. The fraction of sp³-hybridized carbons (Fsp3) is 0.321. The Morgan fingerprint density at radius 2 is 1.43 bits per heavy atom. The number of nitrogens with zero attached hydrogens (tertiary/aromatic N) is 3. The van der Waals surface area contributed by atoms with E-state index in [9.17, 15) is 0 Å². The number of benzene rings is 5. The molecule has 3 nitrogen and oxygen atoms in total. The minimum Gasteiger partial charge on any atom is -0.225 e. The topological polar surface area (TPSA) is 12.7 Å². The minimum absolute atomic E-state index is 0.0369. The Kier molecular flexibility index (Phi) is 9.31. The summed E-state index contributed by atoms with van der Waals surface area (Å²) in [6.07, 6.45) is 11.4. The van der Waals surface area contributed by atoms with Gasteiger partial charge in [0, 0.05) is 42.0 Å². The highest BCUT2D eigenvalue weighted by atomic mass is 15.2. The SMILES string of the molecule is CCCCc1ccc(-c2ccc3c(c2)-c2cccc[n+]2C(CC)(CCCc2ccccc2-c2n4c5c(cccc5[n+]2C)C(C)c2ccccc2-4)C3(C)CC)cc1. The summed E-state index contributed by atoms with van der Waals surface area (Å²) in [6, 6.07) is 48.6. The fourth-order valence-corrected chi connectivity index (χ4v) is 10.9. The molecule has 56 heavy (non-hydrogen) atoms. The second-order valence-electron chi connectivity index (χ2n) is 16.8. The van der Waals surface area contributed by atoms with Gasteiger partial charge in [0.15, 0.2) is 22.8 Å². The Morgan fingerprint density at radius 3 is 2.23 bits per heavy atom. The Bertz CT molecular complexity index is 2570. The van der Waals surface area contributed by atoms with E-state index in [2.05, 4.69) is 189 Å². The van der Waals surface area contributed by atoms with Crippen molar-refractivity contribution < 1.29 is 9.13 Å². The quantitative estimate of drug-likeness (QED) is 0.117. The van der Waals surface area contributed by atoms with Crippen LogP contribution in [0, 0.1) is 0 Å². The predicted octanol–water partition coefficient (Wildman–Crippen LogP) is 12.4. The summed E-state index contributed by atoms with van der Waals surface area (Å²) in [5.74, 6) is 1.62. The van der Waals surface area contributed by atoms with Crippen molar-refractivity contribution >= 4 is 11.0 Å². The molecule has 4 heterocycles. The van der Waals surface area contributed by atoms with E-state index >= 15 is 0 Å². The number of pyridine rings is 1. The van der Waals surface area contributed by atoms with Crippen molar-refractivity contribution in [2.45, 2.75) is 103 Å². The van der Waals surface area contributed by atoms with Gasteiger partial charge < -0.3 is 0 Å². The van der Waals surface area contributed by atoms with Gasteiger partial charge in [0.2, 0.25) is 5.69 Å². The molecule has 3 unspecified atom stereocenters. The van der Waals surface area contributed by atoms with Crippen molar-refractivity contribution in [1.82, 2.24) is 4.57 Å². The summed E-state index contributed by atoms with van der Waals surface area (Å²) in [6.45, 7) is 12.0. The molecule has 2 aliphatic heterocycles. The van der Waals surface area contributed by atoms with Crippen LogP contribution in [0.1, 0.15) is 107 Å². The highest BCUT2D eigenvalue weighted by Crippen LogP contribution is 2.52. The number of hydrogen-bond acceptors (Lipinski definition) is 0.